The van der Waals surface area contributed by atoms with E-state index in [0.29, 0.717) is 11.5 Å². The summed E-state index contributed by atoms with van der Waals surface area (Å²) in [6, 6.07) is 0.404. The van der Waals surface area contributed by atoms with Gasteiger partial charge in [-0.1, -0.05) is 59.8 Å². The second-order valence-electron chi connectivity index (χ2n) is 7.70. The zero-order chi connectivity index (χ0) is 15.0. The van der Waals surface area contributed by atoms with Gasteiger partial charge in [0.05, 0.1) is 0 Å². The number of carbonyl (C=O) groups is 1. The Morgan fingerprint density at radius 2 is 1.75 bits per heavy atom. The quantitative estimate of drug-likeness (QED) is 0.618. The molecule has 1 aliphatic rings. The highest BCUT2D eigenvalue weighted by Gasteiger charge is 2.32. The molecule has 20 heavy (non-hydrogen) atoms. The molecule has 0 spiro atoms. The van der Waals surface area contributed by atoms with Crippen LogP contribution >= 0.6 is 0 Å². The van der Waals surface area contributed by atoms with Crippen molar-refractivity contribution in [3.8, 4) is 0 Å². The minimum Gasteiger partial charge on any atom is -0.353 e. The van der Waals surface area contributed by atoms with E-state index in [4.69, 9.17) is 0 Å². The molecule has 0 aromatic carbocycles. The van der Waals surface area contributed by atoms with Gasteiger partial charge in [-0.05, 0) is 37.0 Å². The Hall–Kier alpha value is -0.530. The van der Waals surface area contributed by atoms with Crippen molar-refractivity contribution in [2.45, 2.75) is 97.9 Å². The summed E-state index contributed by atoms with van der Waals surface area (Å²) in [5.41, 5.74) is 0.385. The number of hydrogen-bond acceptors (Lipinski definition) is 1. The predicted octanol–water partition coefficient (Wildman–Crippen LogP) is 5.07. The first-order valence-corrected chi connectivity index (χ1v) is 8.72. The van der Waals surface area contributed by atoms with Crippen LogP contribution in [-0.4, -0.2) is 11.9 Å². The second-order valence-corrected chi connectivity index (χ2v) is 7.70. The molecule has 2 nitrogen and oxygen atoms in total. The van der Waals surface area contributed by atoms with Gasteiger partial charge in [0.2, 0.25) is 5.91 Å². The average Bonchev–Trinajstić information content (AvgIpc) is 2.30. The lowest BCUT2D eigenvalue weighted by Crippen LogP contribution is -2.42. The first kappa shape index (κ1) is 17.5. The molecule has 1 aliphatic carbocycles. The van der Waals surface area contributed by atoms with Gasteiger partial charge in [-0.25, -0.2) is 0 Å². The Morgan fingerprint density at radius 1 is 1.10 bits per heavy atom. The van der Waals surface area contributed by atoms with E-state index in [-0.39, 0.29) is 5.91 Å². The number of rotatable bonds is 8. The number of nitrogens with one attached hydrogen (secondary N) is 1. The zero-order valence-corrected chi connectivity index (χ0v) is 14.1. The molecular weight excluding hydrogens is 246 g/mol. The summed E-state index contributed by atoms with van der Waals surface area (Å²) >= 11 is 0. The fourth-order valence-corrected chi connectivity index (χ4v) is 3.82. The Labute approximate surface area is 126 Å². The lowest BCUT2D eigenvalue weighted by Gasteiger charge is -2.39. The van der Waals surface area contributed by atoms with Crippen LogP contribution < -0.4 is 5.32 Å². The summed E-state index contributed by atoms with van der Waals surface area (Å²) in [4.78, 5) is 12.0. The summed E-state index contributed by atoms with van der Waals surface area (Å²) in [7, 11) is 0. The average molecular weight is 281 g/mol. The molecule has 1 N–H and O–H groups in total. The van der Waals surface area contributed by atoms with Gasteiger partial charge in [0.1, 0.15) is 0 Å². The molecular formula is C18H35NO. The summed E-state index contributed by atoms with van der Waals surface area (Å²) in [6.45, 7) is 9.21. The molecule has 0 aromatic heterocycles. The van der Waals surface area contributed by atoms with Crippen LogP contribution in [0.2, 0.25) is 0 Å². The van der Waals surface area contributed by atoms with Gasteiger partial charge in [0.15, 0.2) is 0 Å². The summed E-state index contributed by atoms with van der Waals surface area (Å²) in [5, 5.41) is 3.27. The van der Waals surface area contributed by atoms with Gasteiger partial charge in [-0.15, -0.1) is 0 Å². The van der Waals surface area contributed by atoms with Crippen molar-refractivity contribution in [3.05, 3.63) is 0 Å². The lowest BCUT2D eigenvalue weighted by atomic mass is 9.70. The molecule has 118 valence electrons. The van der Waals surface area contributed by atoms with Crippen molar-refractivity contribution in [2.24, 2.45) is 11.3 Å². The van der Waals surface area contributed by atoms with Crippen molar-refractivity contribution >= 4 is 5.91 Å². The van der Waals surface area contributed by atoms with E-state index in [1.54, 1.807) is 0 Å². The van der Waals surface area contributed by atoms with Crippen molar-refractivity contribution < 1.29 is 4.79 Å². The van der Waals surface area contributed by atoms with Crippen LogP contribution in [0.3, 0.4) is 0 Å². The lowest BCUT2D eigenvalue weighted by molar-refractivity contribution is -0.122. The van der Waals surface area contributed by atoms with E-state index in [9.17, 15) is 4.79 Å². The Balaban J connectivity index is 2.15. The highest BCUT2D eigenvalue weighted by molar-refractivity contribution is 5.76. The minimum atomic E-state index is 0.274. The fourth-order valence-electron chi connectivity index (χ4n) is 3.82. The van der Waals surface area contributed by atoms with Gasteiger partial charge >= 0.3 is 0 Å². The molecule has 0 aliphatic heterocycles. The number of amides is 1. The minimum absolute atomic E-state index is 0.274. The maximum atomic E-state index is 12.0. The maximum absolute atomic E-state index is 12.0. The normalized spacial score (nSPS) is 25.4. The predicted molar refractivity (Wildman–Crippen MR) is 86.7 cm³/mol. The second kappa shape index (κ2) is 8.69. The summed E-state index contributed by atoms with van der Waals surface area (Å²) in [5.74, 6) is 1.01. The van der Waals surface area contributed by atoms with Gasteiger partial charge in [0.25, 0.3) is 0 Å². The van der Waals surface area contributed by atoms with E-state index in [0.717, 1.165) is 31.6 Å². The number of unbranched alkanes of at least 4 members (excludes halogenated alkanes) is 5. The van der Waals surface area contributed by atoms with E-state index in [1.165, 1.54) is 38.5 Å². The van der Waals surface area contributed by atoms with E-state index in [1.807, 2.05) is 0 Å². The van der Waals surface area contributed by atoms with Gasteiger partial charge < -0.3 is 5.32 Å². The van der Waals surface area contributed by atoms with Crippen LogP contribution in [0, 0.1) is 11.3 Å². The molecule has 1 rings (SSSR count). The third kappa shape index (κ3) is 7.31. The zero-order valence-electron chi connectivity index (χ0n) is 14.1. The molecule has 2 atom stereocenters. The maximum Gasteiger partial charge on any atom is 0.220 e. The highest BCUT2D eigenvalue weighted by atomic mass is 16.1. The molecule has 0 radical (unpaired) electrons. The van der Waals surface area contributed by atoms with Crippen LogP contribution in [0.1, 0.15) is 91.9 Å². The molecule has 0 saturated heterocycles. The largest absolute Gasteiger partial charge is 0.353 e. The SMILES string of the molecule is CCCCCCCCC(=O)N[C@@H]1C[C@@H](C)CC(C)(C)C1. The first-order chi connectivity index (χ1) is 9.43. The highest BCUT2D eigenvalue weighted by Crippen LogP contribution is 2.38. The van der Waals surface area contributed by atoms with Crippen molar-refractivity contribution in [3.63, 3.8) is 0 Å². The monoisotopic (exact) mass is 281 g/mol. The molecule has 1 saturated carbocycles. The molecule has 0 bridgehead atoms. The smallest absolute Gasteiger partial charge is 0.220 e. The third-order valence-corrected chi connectivity index (χ3v) is 4.51. The van der Waals surface area contributed by atoms with E-state index < -0.39 is 0 Å². The van der Waals surface area contributed by atoms with E-state index >= 15 is 0 Å². The molecule has 1 amide bonds. The van der Waals surface area contributed by atoms with Gasteiger partial charge in [-0.3, -0.25) is 4.79 Å². The van der Waals surface area contributed by atoms with Crippen LogP contribution in [0.4, 0.5) is 0 Å². The number of carbonyl (C=O) groups excluding carboxylic acids is 1. The Kier molecular flexibility index (Phi) is 7.61. The molecule has 1 fully saturated rings. The van der Waals surface area contributed by atoms with Crippen LogP contribution in [0.25, 0.3) is 0 Å². The van der Waals surface area contributed by atoms with Crippen molar-refractivity contribution in [2.75, 3.05) is 0 Å². The molecule has 2 heteroatoms. The Morgan fingerprint density at radius 3 is 2.40 bits per heavy atom. The van der Waals surface area contributed by atoms with Crippen LogP contribution in [0.5, 0.6) is 0 Å². The van der Waals surface area contributed by atoms with E-state index in [2.05, 4.69) is 33.0 Å². The van der Waals surface area contributed by atoms with Crippen LogP contribution in [0.15, 0.2) is 0 Å². The first-order valence-electron chi connectivity index (χ1n) is 8.72. The standard InChI is InChI=1S/C18H35NO/c1-5-6-7-8-9-10-11-17(20)19-16-12-15(2)13-18(3,4)14-16/h15-16H,5-14H2,1-4H3,(H,19,20)/t15-,16-/m1/s1. The molecule has 0 unspecified atom stereocenters. The molecule has 0 aromatic rings. The topological polar surface area (TPSA) is 29.1 Å². The van der Waals surface area contributed by atoms with Crippen molar-refractivity contribution in [1.29, 1.82) is 0 Å². The Bertz CT molecular complexity index is 285. The van der Waals surface area contributed by atoms with Crippen molar-refractivity contribution in [1.82, 2.24) is 5.32 Å². The van der Waals surface area contributed by atoms with Gasteiger partial charge in [-0.2, -0.15) is 0 Å². The third-order valence-electron chi connectivity index (χ3n) is 4.51. The van der Waals surface area contributed by atoms with Crippen LogP contribution in [-0.2, 0) is 4.79 Å². The number of hydrogen-bond donors (Lipinski definition) is 1. The fraction of sp³-hybridized carbons (Fsp3) is 0.944. The summed E-state index contributed by atoms with van der Waals surface area (Å²) in [6.07, 6.45) is 11.8. The van der Waals surface area contributed by atoms with Gasteiger partial charge in [0, 0.05) is 12.5 Å². The molecule has 0 heterocycles. The summed E-state index contributed by atoms with van der Waals surface area (Å²) < 4.78 is 0.